The molecule has 5 nitrogen and oxygen atoms in total. The fraction of sp³-hybridized carbons (Fsp3) is 0.0833. The number of hydrogen-bond donors (Lipinski definition) is 1. The van der Waals surface area contributed by atoms with Gasteiger partial charge in [0.1, 0.15) is 0 Å². The van der Waals surface area contributed by atoms with Gasteiger partial charge in [-0.3, -0.25) is 4.79 Å². The third-order valence-corrected chi connectivity index (χ3v) is 2.66. The van der Waals surface area contributed by atoms with Crippen LogP contribution in [0.3, 0.4) is 0 Å². The number of amides is 1. The molecule has 92 valence electrons. The molecule has 0 spiro atoms. The summed E-state index contributed by atoms with van der Waals surface area (Å²) in [5.74, 6) is 0.0530. The monoisotopic (exact) mass is 307 g/mol. The Morgan fingerprint density at radius 1 is 1.28 bits per heavy atom. The third kappa shape index (κ3) is 3.04. The summed E-state index contributed by atoms with van der Waals surface area (Å²) in [4.78, 5) is 11.9. The molecule has 0 bridgehead atoms. The van der Waals surface area contributed by atoms with Gasteiger partial charge in [0.05, 0.1) is 7.11 Å². The number of rotatable bonds is 3. The molecule has 0 aliphatic heterocycles. The second kappa shape index (κ2) is 5.59. The van der Waals surface area contributed by atoms with Crippen molar-refractivity contribution in [2.75, 3.05) is 12.4 Å². The molecule has 0 saturated carbocycles. The molecule has 0 saturated heterocycles. The number of nitrogens with one attached hydrogen (secondary N) is 1. The van der Waals surface area contributed by atoms with E-state index in [-0.39, 0.29) is 11.6 Å². The molecule has 18 heavy (non-hydrogen) atoms. The Hall–Kier alpha value is -1.95. The highest BCUT2D eigenvalue weighted by Crippen LogP contribution is 2.16. The first-order valence-corrected chi connectivity index (χ1v) is 5.93. The van der Waals surface area contributed by atoms with Gasteiger partial charge in [0.15, 0.2) is 5.69 Å². The number of halogens is 1. The minimum Gasteiger partial charge on any atom is -0.480 e. The van der Waals surface area contributed by atoms with Crippen molar-refractivity contribution in [2.24, 2.45) is 0 Å². The highest BCUT2D eigenvalue weighted by atomic mass is 79.9. The minimum absolute atomic E-state index is 0.232. The Labute approximate surface area is 112 Å². The van der Waals surface area contributed by atoms with Crippen LogP contribution in [-0.2, 0) is 0 Å². The van der Waals surface area contributed by atoms with Crippen LogP contribution < -0.4 is 10.1 Å². The van der Waals surface area contributed by atoms with Crippen molar-refractivity contribution >= 4 is 27.5 Å². The van der Waals surface area contributed by atoms with Crippen molar-refractivity contribution in [3.8, 4) is 5.88 Å². The van der Waals surface area contributed by atoms with Crippen LogP contribution in [0, 0.1) is 0 Å². The van der Waals surface area contributed by atoms with Crippen molar-refractivity contribution < 1.29 is 9.53 Å². The van der Waals surface area contributed by atoms with Gasteiger partial charge in [-0.25, -0.2) is 0 Å². The summed E-state index contributed by atoms with van der Waals surface area (Å²) in [5.41, 5.74) is 0.919. The Balaban J connectivity index is 2.11. The number of nitrogens with zero attached hydrogens (tertiary/aromatic N) is 2. The van der Waals surface area contributed by atoms with Crippen molar-refractivity contribution in [3.05, 3.63) is 46.6 Å². The van der Waals surface area contributed by atoms with Gasteiger partial charge in [-0.05, 0) is 24.3 Å². The van der Waals surface area contributed by atoms with Crippen LogP contribution in [0.1, 0.15) is 10.5 Å². The van der Waals surface area contributed by atoms with Gasteiger partial charge in [-0.2, -0.15) is 0 Å². The third-order valence-electron chi connectivity index (χ3n) is 2.16. The molecule has 6 heteroatoms. The van der Waals surface area contributed by atoms with E-state index in [9.17, 15) is 4.79 Å². The molecule has 0 atom stereocenters. The summed E-state index contributed by atoms with van der Waals surface area (Å²) in [6.07, 6.45) is 0. The van der Waals surface area contributed by atoms with Gasteiger partial charge in [0, 0.05) is 16.2 Å². The molecule has 0 aliphatic carbocycles. The highest BCUT2D eigenvalue weighted by molar-refractivity contribution is 9.10. The summed E-state index contributed by atoms with van der Waals surface area (Å²) < 4.78 is 5.76. The molecule has 2 aromatic rings. The predicted molar refractivity (Wildman–Crippen MR) is 70.7 cm³/mol. The maximum Gasteiger partial charge on any atom is 0.276 e. The van der Waals surface area contributed by atoms with Crippen molar-refractivity contribution in [2.45, 2.75) is 0 Å². The van der Waals surface area contributed by atoms with Crippen molar-refractivity contribution in [1.29, 1.82) is 0 Å². The zero-order chi connectivity index (χ0) is 13.0. The molecule has 0 radical (unpaired) electrons. The molecule has 2 rings (SSSR count). The first-order chi connectivity index (χ1) is 8.69. The Morgan fingerprint density at radius 2 is 2.11 bits per heavy atom. The smallest absolute Gasteiger partial charge is 0.276 e. The minimum atomic E-state index is -0.316. The van der Waals surface area contributed by atoms with E-state index >= 15 is 0 Å². The van der Waals surface area contributed by atoms with Crippen LogP contribution in [0.15, 0.2) is 40.9 Å². The van der Waals surface area contributed by atoms with E-state index in [4.69, 9.17) is 4.74 Å². The quantitative estimate of drug-likeness (QED) is 0.946. The zero-order valence-electron chi connectivity index (χ0n) is 9.55. The number of ether oxygens (including phenoxy) is 1. The zero-order valence-corrected chi connectivity index (χ0v) is 11.1. The lowest BCUT2D eigenvalue weighted by Gasteiger charge is -2.04. The largest absolute Gasteiger partial charge is 0.480 e. The first kappa shape index (κ1) is 12.5. The number of methoxy groups -OCH3 is 1. The van der Waals surface area contributed by atoms with E-state index in [1.807, 2.05) is 12.1 Å². The van der Waals surface area contributed by atoms with E-state index in [1.54, 1.807) is 24.3 Å². The van der Waals surface area contributed by atoms with Gasteiger partial charge in [-0.1, -0.05) is 22.0 Å². The lowest BCUT2D eigenvalue weighted by molar-refractivity contribution is 0.102. The van der Waals surface area contributed by atoms with E-state index in [0.717, 1.165) is 4.47 Å². The Morgan fingerprint density at radius 3 is 2.72 bits per heavy atom. The van der Waals surface area contributed by atoms with Crippen LogP contribution in [0.5, 0.6) is 5.88 Å². The van der Waals surface area contributed by atoms with Gasteiger partial charge >= 0.3 is 0 Å². The van der Waals surface area contributed by atoms with Gasteiger partial charge in [0.25, 0.3) is 5.91 Å². The maximum atomic E-state index is 11.9. The maximum absolute atomic E-state index is 11.9. The number of aromatic nitrogens is 2. The molecule has 1 amide bonds. The summed E-state index contributed by atoms with van der Waals surface area (Å²) in [6.45, 7) is 0. The molecule has 0 aliphatic rings. The van der Waals surface area contributed by atoms with Crippen molar-refractivity contribution in [3.63, 3.8) is 0 Å². The van der Waals surface area contributed by atoms with Gasteiger partial charge in [-0.15, -0.1) is 10.2 Å². The van der Waals surface area contributed by atoms with Crippen LogP contribution in [0.4, 0.5) is 5.69 Å². The van der Waals surface area contributed by atoms with Crippen molar-refractivity contribution in [1.82, 2.24) is 10.2 Å². The van der Waals surface area contributed by atoms with Gasteiger partial charge in [0.2, 0.25) is 5.88 Å². The van der Waals surface area contributed by atoms with E-state index < -0.39 is 0 Å². The van der Waals surface area contributed by atoms with Crippen LogP contribution >= 0.6 is 15.9 Å². The topological polar surface area (TPSA) is 64.1 Å². The van der Waals surface area contributed by atoms with Crippen LogP contribution in [-0.4, -0.2) is 23.2 Å². The molecule has 1 N–H and O–H groups in total. The Bertz CT molecular complexity index is 558. The fourth-order valence-electron chi connectivity index (χ4n) is 1.31. The molecular weight excluding hydrogens is 298 g/mol. The lowest BCUT2D eigenvalue weighted by Crippen LogP contribution is -2.14. The van der Waals surface area contributed by atoms with E-state index in [0.29, 0.717) is 11.6 Å². The number of carbonyl (C=O) groups excluding carboxylic acids is 1. The lowest BCUT2D eigenvalue weighted by atomic mass is 10.3. The predicted octanol–water partition coefficient (Wildman–Crippen LogP) is 2.50. The van der Waals surface area contributed by atoms with E-state index in [1.165, 1.54) is 7.11 Å². The molecule has 0 fully saturated rings. The molecule has 1 heterocycles. The van der Waals surface area contributed by atoms with E-state index in [2.05, 4.69) is 31.4 Å². The molecule has 0 unspecified atom stereocenters. The van der Waals surface area contributed by atoms with Crippen LogP contribution in [0.25, 0.3) is 0 Å². The first-order valence-electron chi connectivity index (χ1n) is 5.13. The second-order valence-corrected chi connectivity index (χ2v) is 4.34. The summed E-state index contributed by atoms with van der Waals surface area (Å²) in [7, 11) is 1.49. The Kier molecular flexibility index (Phi) is 3.88. The average molecular weight is 308 g/mol. The summed E-state index contributed by atoms with van der Waals surface area (Å²) in [6, 6.07) is 10.4. The number of anilines is 1. The van der Waals surface area contributed by atoms with Crippen LogP contribution in [0.2, 0.25) is 0 Å². The number of hydrogen-bond acceptors (Lipinski definition) is 4. The summed E-state index contributed by atoms with van der Waals surface area (Å²) >= 11 is 3.33. The fourth-order valence-corrected chi connectivity index (χ4v) is 1.71. The molecule has 1 aromatic heterocycles. The average Bonchev–Trinajstić information content (AvgIpc) is 2.39. The SMILES string of the molecule is COc1ccc(C(=O)Nc2cccc(Br)c2)nn1. The molecular formula is C12H10BrN3O2. The normalized spacial score (nSPS) is 9.89. The number of carbonyl (C=O) groups is 1. The van der Waals surface area contributed by atoms with Gasteiger partial charge < -0.3 is 10.1 Å². The highest BCUT2D eigenvalue weighted by Gasteiger charge is 2.08. The number of benzene rings is 1. The summed E-state index contributed by atoms with van der Waals surface area (Å²) in [5, 5.41) is 10.2. The second-order valence-electron chi connectivity index (χ2n) is 3.43. The molecule has 1 aromatic carbocycles. The standard InChI is InChI=1S/C12H10BrN3O2/c1-18-11-6-5-10(15-16-11)12(17)14-9-4-2-3-8(13)7-9/h2-7H,1H3,(H,14,17).